The molecule has 0 bridgehead atoms. The number of carbonyl (C=O) groups excluding carboxylic acids is 1. The molecule has 0 spiro atoms. The van der Waals surface area contributed by atoms with Crippen LogP contribution in [0.25, 0.3) is 11.1 Å². The number of rotatable bonds is 2. The first-order chi connectivity index (χ1) is 11.8. The predicted molar refractivity (Wildman–Crippen MR) is 90.9 cm³/mol. The Labute approximate surface area is 142 Å². The maximum absolute atomic E-state index is 13.5. The van der Waals surface area contributed by atoms with E-state index in [2.05, 4.69) is 5.32 Å². The largest absolute Gasteiger partial charge is 0.417 e. The van der Waals surface area contributed by atoms with Gasteiger partial charge in [0.15, 0.2) is 0 Å². The number of amides is 1. The molecular formula is C17H17F3N4O. The lowest BCUT2D eigenvalue weighted by Gasteiger charge is -2.31. The summed E-state index contributed by atoms with van der Waals surface area (Å²) in [5.41, 5.74) is 11.8. The van der Waals surface area contributed by atoms with Crippen molar-refractivity contribution in [2.24, 2.45) is 0 Å². The molecule has 1 amide bonds. The Bertz CT molecular complexity index is 820. The van der Waals surface area contributed by atoms with Crippen molar-refractivity contribution in [1.82, 2.24) is 5.32 Å². The van der Waals surface area contributed by atoms with Gasteiger partial charge >= 0.3 is 6.18 Å². The van der Waals surface area contributed by atoms with E-state index in [0.29, 0.717) is 18.8 Å². The van der Waals surface area contributed by atoms with Crippen LogP contribution >= 0.6 is 0 Å². The molecule has 0 radical (unpaired) electrons. The van der Waals surface area contributed by atoms with Gasteiger partial charge in [0.05, 0.1) is 23.5 Å². The highest BCUT2D eigenvalue weighted by Crippen LogP contribution is 2.45. The maximum Gasteiger partial charge on any atom is 0.417 e. The van der Waals surface area contributed by atoms with Crippen LogP contribution in [0.1, 0.15) is 5.56 Å². The third kappa shape index (κ3) is 3.19. The topological polar surface area (TPSA) is 84.4 Å². The average Bonchev–Trinajstić information content (AvgIpc) is 2.54. The zero-order valence-corrected chi connectivity index (χ0v) is 13.2. The normalized spacial score (nSPS) is 15.2. The van der Waals surface area contributed by atoms with Crippen molar-refractivity contribution in [3.8, 4) is 11.1 Å². The van der Waals surface area contributed by atoms with E-state index in [4.69, 9.17) is 11.5 Å². The first-order valence-corrected chi connectivity index (χ1v) is 7.65. The van der Waals surface area contributed by atoms with Gasteiger partial charge in [-0.2, -0.15) is 13.2 Å². The third-order valence-electron chi connectivity index (χ3n) is 4.14. The molecule has 5 N–H and O–H groups in total. The van der Waals surface area contributed by atoms with Crippen LogP contribution in [0.5, 0.6) is 0 Å². The highest BCUT2D eigenvalue weighted by Gasteiger charge is 2.36. The molecule has 1 fully saturated rings. The van der Waals surface area contributed by atoms with Gasteiger partial charge in [0, 0.05) is 29.9 Å². The zero-order valence-electron chi connectivity index (χ0n) is 13.2. The number of hydrogen-bond acceptors (Lipinski definition) is 4. The molecule has 1 saturated heterocycles. The summed E-state index contributed by atoms with van der Waals surface area (Å²) in [5, 5.41) is 2.67. The van der Waals surface area contributed by atoms with Crippen molar-refractivity contribution < 1.29 is 18.0 Å². The number of anilines is 3. The van der Waals surface area contributed by atoms with Crippen molar-refractivity contribution in [2.75, 3.05) is 36.0 Å². The quantitative estimate of drug-likeness (QED) is 0.727. The zero-order chi connectivity index (χ0) is 18.2. The van der Waals surface area contributed by atoms with Gasteiger partial charge in [-0.1, -0.05) is 18.2 Å². The van der Waals surface area contributed by atoms with Crippen LogP contribution in [0.15, 0.2) is 36.4 Å². The molecule has 1 heterocycles. The number of piperazine rings is 1. The lowest BCUT2D eigenvalue weighted by Crippen LogP contribution is -2.48. The SMILES string of the molecule is Nc1ccccc1-c1c(C(F)(F)F)ccc(N2CCNC(=O)C2)c1N. The number of nitrogens with two attached hydrogens (primary N) is 2. The summed E-state index contributed by atoms with van der Waals surface area (Å²) < 4.78 is 40.5. The molecule has 2 aromatic rings. The maximum atomic E-state index is 13.5. The van der Waals surface area contributed by atoms with Gasteiger partial charge in [0.2, 0.25) is 5.91 Å². The highest BCUT2D eigenvalue weighted by molar-refractivity contribution is 5.94. The van der Waals surface area contributed by atoms with Crippen LogP contribution in [-0.2, 0) is 11.0 Å². The highest BCUT2D eigenvalue weighted by atomic mass is 19.4. The Morgan fingerprint density at radius 1 is 1.08 bits per heavy atom. The lowest BCUT2D eigenvalue weighted by molar-refractivity contribution is -0.137. The smallest absolute Gasteiger partial charge is 0.398 e. The van der Waals surface area contributed by atoms with Gasteiger partial charge in [0.1, 0.15) is 0 Å². The second kappa shape index (κ2) is 6.19. The molecule has 5 nitrogen and oxygen atoms in total. The standard InChI is InChI=1S/C17H17F3N4O/c18-17(19,20)11-5-6-13(24-8-7-23-14(25)9-24)16(22)15(11)10-3-1-2-4-12(10)21/h1-6H,7-9,21-22H2,(H,23,25). The molecular weight excluding hydrogens is 333 g/mol. The summed E-state index contributed by atoms with van der Waals surface area (Å²) in [4.78, 5) is 13.3. The second-order valence-corrected chi connectivity index (χ2v) is 5.78. The fourth-order valence-electron chi connectivity index (χ4n) is 2.98. The van der Waals surface area contributed by atoms with Crippen molar-refractivity contribution in [3.63, 3.8) is 0 Å². The third-order valence-corrected chi connectivity index (χ3v) is 4.14. The van der Waals surface area contributed by atoms with Crippen LogP contribution in [0.3, 0.4) is 0 Å². The van der Waals surface area contributed by atoms with Gasteiger partial charge in [0.25, 0.3) is 0 Å². The van der Waals surface area contributed by atoms with Crippen molar-refractivity contribution in [2.45, 2.75) is 6.18 Å². The number of nitrogens with one attached hydrogen (secondary N) is 1. The van der Waals surface area contributed by atoms with E-state index in [9.17, 15) is 18.0 Å². The summed E-state index contributed by atoms with van der Waals surface area (Å²) in [5.74, 6) is -0.202. The first-order valence-electron chi connectivity index (χ1n) is 7.65. The summed E-state index contributed by atoms with van der Waals surface area (Å²) in [7, 11) is 0. The van der Waals surface area contributed by atoms with Gasteiger partial charge in [-0.05, 0) is 18.2 Å². The number of para-hydroxylation sites is 1. The molecule has 0 atom stereocenters. The molecule has 8 heteroatoms. The van der Waals surface area contributed by atoms with E-state index < -0.39 is 11.7 Å². The number of benzene rings is 2. The van der Waals surface area contributed by atoms with E-state index in [0.717, 1.165) is 6.07 Å². The van der Waals surface area contributed by atoms with Crippen LogP contribution in [0.2, 0.25) is 0 Å². The Kier molecular flexibility index (Phi) is 4.20. The summed E-state index contributed by atoms with van der Waals surface area (Å²) in [6.07, 6.45) is -4.58. The fraction of sp³-hybridized carbons (Fsp3) is 0.235. The second-order valence-electron chi connectivity index (χ2n) is 5.78. The van der Waals surface area contributed by atoms with Gasteiger partial charge in [-0.15, -0.1) is 0 Å². The summed E-state index contributed by atoms with van der Waals surface area (Å²) in [6, 6.07) is 8.56. The van der Waals surface area contributed by atoms with Crippen LogP contribution in [0, 0.1) is 0 Å². The lowest BCUT2D eigenvalue weighted by atomic mass is 9.94. The Balaban J connectivity index is 2.21. The number of halogens is 3. The van der Waals surface area contributed by atoms with E-state index in [1.165, 1.54) is 18.2 Å². The molecule has 0 unspecified atom stereocenters. The molecule has 0 saturated carbocycles. The predicted octanol–water partition coefficient (Wildman–Crippen LogP) is 2.47. The molecule has 25 heavy (non-hydrogen) atoms. The van der Waals surface area contributed by atoms with E-state index >= 15 is 0 Å². The average molecular weight is 350 g/mol. The van der Waals surface area contributed by atoms with E-state index in [-0.39, 0.29) is 35.0 Å². The minimum absolute atomic E-state index is 0.0394. The number of nitrogen functional groups attached to an aromatic ring is 2. The molecule has 0 aliphatic carbocycles. The molecule has 3 rings (SSSR count). The number of carbonyl (C=O) groups is 1. The Hall–Kier alpha value is -2.90. The first kappa shape index (κ1) is 16.9. The molecule has 132 valence electrons. The molecule has 1 aliphatic rings. The molecule has 0 aromatic heterocycles. The molecule has 2 aromatic carbocycles. The number of hydrogen-bond donors (Lipinski definition) is 3. The fourth-order valence-corrected chi connectivity index (χ4v) is 2.98. The number of alkyl halides is 3. The van der Waals surface area contributed by atoms with E-state index in [1.807, 2.05) is 0 Å². The monoisotopic (exact) mass is 350 g/mol. The minimum atomic E-state index is -4.58. The van der Waals surface area contributed by atoms with Gasteiger partial charge in [-0.3, -0.25) is 4.79 Å². The van der Waals surface area contributed by atoms with Crippen LogP contribution < -0.4 is 21.7 Å². The number of nitrogens with zero attached hydrogens (tertiary/aromatic N) is 1. The van der Waals surface area contributed by atoms with Crippen molar-refractivity contribution in [3.05, 3.63) is 42.0 Å². The van der Waals surface area contributed by atoms with Crippen LogP contribution in [0.4, 0.5) is 30.2 Å². The van der Waals surface area contributed by atoms with Crippen LogP contribution in [-0.4, -0.2) is 25.5 Å². The van der Waals surface area contributed by atoms with E-state index in [1.54, 1.807) is 17.0 Å². The minimum Gasteiger partial charge on any atom is -0.398 e. The van der Waals surface area contributed by atoms with Crippen molar-refractivity contribution >= 4 is 23.0 Å². The summed E-state index contributed by atoms with van der Waals surface area (Å²) in [6.45, 7) is 0.909. The van der Waals surface area contributed by atoms with Gasteiger partial charge in [-0.25, -0.2) is 0 Å². The molecule has 1 aliphatic heterocycles. The van der Waals surface area contributed by atoms with Gasteiger partial charge < -0.3 is 21.7 Å². The Morgan fingerprint density at radius 3 is 2.44 bits per heavy atom. The van der Waals surface area contributed by atoms with Crippen molar-refractivity contribution in [1.29, 1.82) is 0 Å². The Morgan fingerprint density at radius 2 is 1.80 bits per heavy atom. The summed E-state index contributed by atoms with van der Waals surface area (Å²) >= 11 is 0.